The van der Waals surface area contributed by atoms with Gasteiger partial charge in [-0.15, -0.1) is 0 Å². The van der Waals surface area contributed by atoms with Crippen molar-refractivity contribution in [2.24, 2.45) is 5.92 Å². The maximum Gasteiger partial charge on any atom is 0.259 e. The van der Waals surface area contributed by atoms with E-state index in [4.69, 9.17) is 9.26 Å². The van der Waals surface area contributed by atoms with Crippen LogP contribution in [0.2, 0.25) is 0 Å². The highest BCUT2D eigenvalue weighted by molar-refractivity contribution is 5.79. The third-order valence-corrected chi connectivity index (χ3v) is 4.72. The van der Waals surface area contributed by atoms with Gasteiger partial charge in [-0.2, -0.15) is 10.2 Å². The molecule has 0 bridgehead atoms. The van der Waals surface area contributed by atoms with E-state index in [-0.39, 0.29) is 18.4 Å². The van der Waals surface area contributed by atoms with Crippen LogP contribution in [0.4, 0.5) is 0 Å². The van der Waals surface area contributed by atoms with Gasteiger partial charge in [-0.3, -0.25) is 4.79 Å². The summed E-state index contributed by atoms with van der Waals surface area (Å²) in [5, 5.41) is 16.1. The van der Waals surface area contributed by atoms with Crippen molar-refractivity contribution in [3.63, 3.8) is 0 Å². The molecular weight excluding hydrogens is 344 g/mol. The molecule has 2 aromatic rings. The van der Waals surface area contributed by atoms with Crippen molar-refractivity contribution in [3.8, 4) is 23.2 Å². The first kappa shape index (κ1) is 18.9. The van der Waals surface area contributed by atoms with Gasteiger partial charge in [-0.05, 0) is 56.4 Å². The minimum atomic E-state index is -0.807. The number of hydrogen-bond acceptors (Lipinski definition) is 6. The molecule has 1 N–H and O–H groups in total. The Balaban J connectivity index is 1.52. The summed E-state index contributed by atoms with van der Waals surface area (Å²) in [7, 11) is 0. The van der Waals surface area contributed by atoms with E-state index in [1.54, 1.807) is 19.1 Å². The summed E-state index contributed by atoms with van der Waals surface area (Å²) in [4.78, 5) is 16.5. The molecule has 1 heterocycles. The molecule has 1 amide bonds. The van der Waals surface area contributed by atoms with Crippen LogP contribution in [0.25, 0.3) is 11.4 Å². The Morgan fingerprint density at radius 1 is 1.41 bits per heavy atom. The second-order valence-corrected chi connectivity index (χ2v) is 7.06. The first-order chi connectivity index (χ1) is 13.0. The van der Waals surface area contributed by atoms with Gasteiger partial charge < -0.3 is 14.6 Å². The molecule has 1 aliphatic carbocycles. The highest BCUT2D eigenvalue weighted by atomic mass is 16.5. The maximum atomic E-state index is 12.1. The number of nitriles is 1. The lowest BCUT2D eigenvalue weighted by molar-refractivity contribution is -0.124. The number of aryl methyl sites for hydroxylation is 1. The summed E-state index contributed by atoms with van der Waals surface area (Å²) < 4.78 is 10.8. The van der Waals surface area contributed by atoms with Crippen molar-refractivity contribution in [3.05, 3.63) is 30.2 Å². The number of aromatic nitrogens is 2. The first-order valence-corrected chi connectivity index (χ1v) is 9.32. The zero-order chi connectivity index (χ0) is 19.3. The zero-order valence-electron chi connectivity index (χ0n) is 15.7. The molecular formula is C20H24N4O3. The number of benzene rings is 1. The van der Waals surface area contributed by atoms with Crippen LogP contribution < -0.4 is 10.1 Å². The lowest BCUT2D eigenvalue weighted by atomic mass is 9.98. The molecule has 0 radical (unpaired) electrons. The maximum absolute atomic E-state index is 12.1. The Morgan fingerprint density at radius 2 is 2.15 bits per heavy atom. The number of carbonyl (C=O) groups excluding carboxylic acids is 1. The summed E-state index contributed by atoms with van der Waals surface area (Å²) in [6.45, 7) is 3.74. The van der Waals surface area contributed by atoms with Gasteiger partial charge in [0.2, 0.25) is 11.7 Å². The molecule has 1 aromatic carbocycles. The van der Waals surface area contributed by atoms with Gasteiger partial charge >= 0.3 is 0 Å². The van der Waals surface area contributed by atoms with E-state index in [1.165, 1.54) is 0 Å². The van der Waals surface area contributed by atoms with E-state index in [2.05, 4.69) is 28.5 Å². The molecule has 1 saturated carbocycles. The van der Waals surface area contributed by atoms with Gasteiger partial charge in [0.15, 0.2) is 6.61 Å². The minimum Gasteiger partial charge on any atom is -0.484 e. The van der Waals surface area contributed by atoms with Crippen molar-refractivity contribution in [1.29, 1.82) is 5.26 Å². The smallest absolute Gasteiger partial charge is 0.259 e. The summed E-state index contributed by atoms with van der Waals surface area (Å²) in [5.41, 5.74) is 0.0161. The molecule has 0 spiro atoms. The fourth-order valence-electron chi connectivity index (χ4n) is 2.86. The Hall–Kier alpha value is -2.88. The average Bonchev–Trinajstić information content (AvgIpc) is 3.44. The Labute approximate surface area is 158 Å². The predicted molar refractivity (Wildman–Crippen MR) is 98.7 cm³/mol. The van der Waals surface area contributed by atoms with Gasteiger partial charge in [0.05, 0.1) is 6.07 Å². The lowest BCUT2D eigenvalue weighted by Gasteiger charge is -2.22. The number of unbranched alkanes of at least 4 members (excludes halogenated alkanes) is 1. The number of hydrogen-bond donors (Lipinski definition) is 1. The molecule has 7 heteroatoms. The van der Waals surface area contributed by atoms with Crippen molar-refractivity contribution < 1.29 is 14.1 Å². The van der Waals surface area contributed by atoms with E-state index < -0.39 is 5.54 Å². The quantitative estimate of drug-likeness (QED) is 0.729. The molecule has 1 atom stereocenters. The van der Waals surface area contributed by atoms with E-state index >= 15 is 0 Å². The van der Waals surface area contributed by atoms with Crippen LogP contribution in [0.1, 0.15) is 45.4 Å². The molecule has 7 nitrogen and oxygen atoms in total. The zero-order valence-corrected chi connectivity index (χ0v) is 15.7. The topological polar surface area (TPSA) is 101 Å². The van der Waals surface area contributed by atoms with Crippen molar-refractivity contribution in [2.45, 2.75) is 51.5 Å². The van der Waals surface area contributed by atoms with Gasteiger partial charge in [0, 0.05) is 12.0 Å². The summed E-state index contributed by atoms with van der Waals surface area (Å²) in [6.07, 6.45) is 4.82. The normalized spacial score (nSPS) is 15.6. The molecule has 0 saturated heterocycles. The van der Waals surface area contributed by atoms with Gasteiger partial charge in [0.1, 0.15) is 11.3 Å². The Bertz CT molecular complexity index is 820. The van der Waals surface area contributed by atoms with Crippen LogP contribution in [0.5, 0.6) is 5.75 Å². The predicted octanol–water partition coefficient (Wildman–Crippen LogP) is 3.27. The second-order valence-electron chi connectivity index (χ2n) is 7.06. The minimum absolute atomic E-state index is 0.132. The molecule has 1 aromatic heterocycles. The molecule has 1 aliphatic rings. The van der Waals surface area contributed by atoms with E-state index in [9.17, 15) is 10.1 Å². The number of rotatable bonds is 9. The van der Waals surface area contributed by atoms with Crippen LogP contribution in [-0.4, -0.2) is 28.2 Å². The number of amides is 1. The fourth-order valence-corrected chi connectivity index (χ4v) is 2.86. The first-order valence-electron chi connectivity index (χ1n) is 9.32. The van der Waals surface area contributed by atoms with Crippen LogP contribution in [0.3, 0.4) is 0 Å². The van der Waals surface area contributed by atoms with E-state index in [0.717, 1.165) is 37.7 Å². The van der Waals surface area contributed by atoms with Crippen LogP contribution in [0, 0.1) is 17.2 Å². The van der Waals surface area contributed by atoms with Gasteiger partial charge in [0.25, 0.3) is 5.91 Å². The average molecular weight is 368 g/mol. The summed E-state index contributed by atoms with van der Waals surface area (Å²) in [6, 6.07) is 9.37. The number of nitrogens with zero attached hydrogens (tertiary/aromatic N) is 3. The van der Waals surface area contributed by atoms with E-state index in [1.807, 2.05) is 12.1 Å². The molecule has 27 heavy (non-hydrogen) atoms. The second kappa shape index (κ2) is 8.21. The monoisotopic (exact) mass is 368 g/mol. The molecule has 1 unspecified atom stereocenters. The standard InChI is InChI=1S/C20H24N4O3/c1-3-4-5-18-22-19(24-27-18)14-6-10-16(11-7-14)26-12-17(25)23-20(2,13-21)15-8-9-15/h6-7,10-11,15H,3-5,8-9,12H2,1-2H3,(H,23,25). The fraction of sp³-hybridized carbons (Fsp3) is 0.500. The number of nitrogens with one attached hydrogen (secondary N) is 1. The number of ether oxygens (including phenoxy) is 1. The summed E-state index contributed by atoms with van der Waals surface area (Å²) >= 11 is 0. The highest BCUT2D eigenvalue weighted by Crippen LogP contribution is 2.39. The highest BCUT2D eigenvalue weighted by Gasteiger charge is 2.43. The largest absolute Gasteiger partial charge is 0.484 e. The van der Waals surface area contributed by atoms with E-state index in [0.29, 0.717) is 17.5 Å². The molecule has 3 rings (SSSR count). The van der Waals surface area contributed by atoms with Crippen LogP contribution >= 0.6 is 0 Å². The van der Waals surface area contributed by atoms with Crippen molar-refractivity contribution in [1.82, 2.24) is 15.5 Å². The van der Waals surface area contributed by atoms with Crippen LogP contribution in [-0.2, 0) is 11.2 Å². The molecule has 1 fully saturated rings. The van der Waals surface area contributed by atoms with Crippen LogP contribution in [0.15, 0.2) is 28.8 Å². The van der Waals surface area contributed by atoms with Gasteiger partial charge in [-0.1, -0.05) is 18.5 Å². The Kier molecular flexibility index (Phi) is 5.75. The lowest BCUT2D eigenvalue weighted by Crippen LogP contribution is -2.48. The van der Waals surface area contributed by atoms with Gasteiger partial charge in [-0.25, -0.2) is 0 Å². The molecule has 142 valence electrons. The third kappa shape index (κ3) is 4.85. The third-order valence-electron chi connectivity index (χ3n) is 4.72. The molecule has 0 aliphatic heterocycles. The summed E-state index contributed by atoms with van der Waals surface area (Å²) in [5.74, 6) is 1.69. The SMILES string of the molecule is CCCCc1nc(-c2ccc(OCC(=O)NC(C)(C#N)C3CC3)cc2)no1. The number of carbonyl (C=O) groups is 1. The van der Waals surface area contributed by atoms with Crippen molar-refractivity contribution in [2.75, 3.05) is 6.61 Å². The van der Waals surface area contributed by atoms with Crippen molar-refractivity contribution >= 4 is 5.91 Å². The Morgan fingerprint density at radius 3 is 2.78 bits per heavy atom.